The van der Waals surface area contributed by atoms with E-state index in [0.29, 0.717) is 5.82 Å². The second kappa shape index (κ2) is 12.7. The van der Waals surface area contributed by atoms with E-state index in [-0.39, 0.29) is 0 Å². The number of nitrogens with two attached hydrogens (primary N) is 1. The van der Waals surface area contributed by atoms with Gasteiger partial charge in [0.2, 0.25) is 0 Å². The summed E-state index contributed by atoms with van der Waals surface area (Å²) in [4.78, 5) is 4.56. The van der Waals surface area contributed by atoms with Gasteiger partial charge >= 0.3 is 0 Å². The van der Waals surface area contributed by atoms with Crippen LogP contribution in [0.1, 0.15) is 76.8 Å². The Bertz CT molecular complexity index is 627. The molecule has 0 aliphatic carbocycles. The third kappa shape index (κ3) is 7.74. The van der Waals surface area contributed by atoms with E-state index < -0.39 is 0 Å². The van der Waals surface area contributed by atoms with Crippen molar-refractivity contribution in [1.29, 1.82) is 0 Å². The minimum absolute atomic E-state index is 0.660. The van der Waals surface area contributed by atoms with Crippen molar-refractivity contribution in [2.75, 3.05) is 18.9 Å². The zero-order valence-corrected chi connectivity index (χ0v) is 16.5. The highest BCUT2D eigenvalue weighted by Crippen LogP contribution is 2.21. The minimum Gasteiger partial charge on any atom is -0.383 e. The number of aryl methyl sites for hydroxylation is 1. The van der Waals surface area contributed by atoms with E-state index in [4.69, 9.17) is 10.5 Å². The Morgan fingerprint density at radius 3 is 2.27 bits per heavy atom. The molecule has 3 nitrogen and oxygen atoms in total. The van der Waals surface area contributed by atoms with Gasteiger partial charge in [-0.15, -0.1) is 0 Å². The highest BCUT2D eigenvalue weighted by molar-refractivity contribution is 5.91. The van der Waals surface area contributed by atoms with Crippen LogP contribution < -0.4 is 5.73 Å². The molecular weight excluding hydrogens is 320 g/mol. The summed E-state index contributed by atoms with van der Waals surface area (Å²) in [7, 11) is 0. The summed E-state index contributed by atoms with van der Waals surface area (Å²) in [5.74, 6) is 0.660. The number of unbranched alkanes of at least 4 members (excludes halogenated alkanes) is 8. The summed E-state index contributed by atoms with van der Waals surface area (Å²) >= 11 is 0. The quantitative estimate of drug-likeness (QED) is 0.404. The Morgan fingerprint density at radius 1 is 0.846 bits per heavy atom. The van der Waals surface area contributed by atoms with Crippen LogP contribution in [0.15, 0.2) is 30.3 Å². The van der Waals surface area contributed by atoms with Crippen molar-refractivity contribution in [3.8, 4) is 0 Å². The van der Waals surface area contributed by atoms with Crippen molar-refractivity contribution in [3.63, 3.8) is 0 Å². The molecule has 0 fully saturated rings. The average Bonchev–Trinajstić information content (AvgIpc) is 2.65. The van der Waals surface area contributed by atoms with Crippen molar-refractivity contribution in [3.05, 3.63) is 36.0 Å². The van der Waals surface area contributed by atoms with Gasteiger partial charge in [-0.1, -0.05) is 76.1 Å². The molecule has 0 atom stereocenters. The van der Waals surface area contributed by atoms with E-state index in [2.05, 4.69) is 30.1 Å². The lowest BCUT2D eigenvalue weighted by molar-refractivity contribution is 0.125. The highest BCUT2D eigenvalue weighted by Gasteiger charge is 2.03. The molecule has 3 heteroatoms. The molecule has 0 spiro atoms. The van der Waals surface area contributed by atoms with Gasteiger partial charge < -0.3 is 10.5 Å². The van der Waals surface area contributed by atoms with E-state index in [1.54, 1.807) is 0 Å². The molecule has 0 aliphatic rings. The first-order valence-electron chi connectivity index (χ1n) is 10.5. The van der Waals surface area contributed by atoms with Crippen LogP contribution in [0.3, 0.4) is 0 Å². The molecule has 0 saturated heterocycles. The number of ether oxygens (including phenoxy) is 1. The summed E-state index contributed by atoms with van der Waals surface area (Å²) in [5.41, 5.74) is 7.20. The van der Waals surface area contributed by atoms with Gasteiger partial charge in [0.15, 0.2) is 0 Å². The Kier molecular flexibility index (Phi) is 10.1. The molecule has 0 saturated carbocycles. The molecule has 0 unspecified atom stereocenters. The zero-order valence-electron chi connectivity index (χ0n) is 16.5. The van der Waals surface area contributed by atoms with Crippen molar-refractivity contribution in [2.24, 2.45) is 0 Å². The Morgan fingerprint density at radius 2 is 1.50 bits per heavy atom. The number of aromatic nitrogens is 1. The molecule has 144 valence electrons. The summed E-state index contributed by atoms with van der Waals surface area (Å²) in [5, 5.41) is 2.26. The van der Waals surface area contributed by atoms with E-state index >= 15 is 0 Å². The SMILES string of the molecule is CCCCCCOCCCCCCCCc1cc2ccccc2c(N)n1. The predicted octanol–water partition coefficient (Wildman–Crippen LogP) is 6.30. The second-order valence-corrected chi connectivity index (χ2v) is 7.26. The third-order valence-corrected chi connectivity index (χ3v) is 4.94. The average molecular weight is 357 g/mol. The number of nitrogen functional groups attached to an aromatic ring is 1. The third-order valence-electron chi connectivity index (χ3n) is 4.94. The van der Waals surface area contributed by atoms with E-state index in [1.807, 2.05) is 12.1 Å². The maximum absolute atomic E-state index is 6.08. The van der Waals surface area contributed by atoms with Crippen LogP contribution in [0, 0.1) is 0 Å². The van der Waals surface area contributed by atoms with Crippen LogP contribution in [0.2, 0.25) is 0 Å². The lowest BCUT2D eigenvalue weighted by Crippen LogP contribution is -1.98. The molecule has 2 N–H and O–H groups in total. The predicted molar refractivity (Wildman–Crippen MR) is 113 cm³/mol. The topological polar surface area (TPSA) is 48.1 Å². The molecule has 0 bridgehead atoms. The standard InChI is InChI=1S/C23H36N2O/c1-2-3-4-12-17-26-18-13-8-6-5-7-9-15-21-19-20-14-10-11-16-22(20)23(24)25-21/h10-11,14,16,19H,2-9,12-13,15,17-18H2,1H3,(H2,24,25). The summed E-state index contributed by atoms with van der Waals surface area (Å²) in [6.45, 7) is 4.13. The lowest BCUT2D eigenvalue weighted by atomic mass is 10.1. The molecule has 0 amide bonds. The molecule has 1 aromatic carbocycles. The number of pyridine rings is 1. The van der Waals surface area contributed by atoms with E-state index in [0.717, 1.165) is 30.7 Å². The largest absolute Gasteiger partial charge is 0.383 e. The maximum Gasteiger partial charge on any atom is 0.131 e. The zero-order chi connectivity index (χ0) is 18.5. The molecule has 26 heavy (non-hydrogen) atoms. The first-order valence-corrected chi connectivity index (χ1v) is 10.5. The van der Waals surface area contributed by atoms with Gasteiger partial charge in [0, 0.05) is 24.3 Å². The first kappa shape index (κ1) is 20.7. The summed E-state index contributed by atoms with van der Waals surface area (Å²) < 4.78 is 5.69. The molecule has 2 rings (SSSR count). The fourth-order valence-electron chi connectivity index (χ4n) is 3.36. The van der Waals surface area contributed by atoms with Crippen LogP contribution in [0.5, 0.6) is 0 Å². The van der Waals surface area contributed by atoms with Crippen LogP contribution in [0.25, 0.3) is 10.8 Å². The number of nitrogens with zero attached hydrogens (tertiary/aromatic N) is 1. The van der Waals surface area contributed by atoms with E-state index in [9.17, 15) is 0 Å². The second-order valence-electron chi connectivity index (χ2n) is 7.26. The highest BCUT2D eigenvalue weighted by atomic mass is 16.5. The molecule has 1 heterocycles. The monoisotopic (exact) mass is 356 g/mol. The van der Waals surface area contributed by atoms with Crippen LogP contribution in [-0.2, 0) is 11.2 Å². The normalized spacial score (nSPS) is 11.3. The Labute approximate surface area is 159 Å². The smallest absolute Gasteiger partial charge is 0.131 e. The molecule has 0 aliphatic heterocycles. The van der Waals surface area contributed by atoms with Gasteiger partial charge in [0.1, 0.15) is 5.82 Å². The number of hydrogen-bond acceptors (Lipinski definition) is 3. The summed E-state index contributed by atoms with van der Waals surface area (Å²) in [6.07, 6.45) is 13.8. The Hall–Kier alpha value is -1.61. The van der Waals surface area contributed by atoms with Gasteiger partial charge in [0.25, 0.3) is 0 Å². The number of benzene rings is 1. The summed E-state index contributed by atoms with van der Waals surface area (Å²) in [6, 6.07) is 10.4. The number of rotatable bonds is 14. The molecule has 2 aromatic rings. The maximum atomic E-state index is 6.08. The fourth-order valence-corrected chi connectivity index (χ4v) is 3.36. The minimum atomic E-state index is 0.660. The molecule has 0 radical (unpaired) electrons. The van der Waals surface area contributed by atoms with Crippen molar-refractivity contribution in [2.45, 2.75) is 77.6 Å². The van der Waals surface area contributed by atoms with Crippen LogP contribution in [-0.4, -0.2) is 18.2 Å². The number of hydrogen-bond donors (Lipinski definition) is 1. The lowest BCUT2D eigenvalue weighted by Gasteiger charge is -2.07. The van der Waals surface area contributed by atoms with Gasteiger partial charge in [-0.05, 0) is 37.1 Å². The molecular formula is C23H36N2O. The fraction of sp³-hybridized carbons (Fsp3) is 0.609. The van der Waals surface area contributed by atoms with Gasteiger partial charge in [-0.2, -0.15) is 0 Å². The first-order chi connectivity index (χ1) is 12.8. The van der Waals surface area contributed by atoms with Gasteiger partial charge in [-0.25, -0.2) is 4.98 Å². The number of fused-ring (bicyclic) bond motifs is 1. The van der Waals surface area contributed by atoms with Crippen molar-refractivity contribution >= 4 is 16.6 Å². The van der Waals surface area contributed by atoms with Gasteiger partial charge in [-0.3, -0.25) is 0 Å². The van der Waals surface area contributed by atoms with Crippen molar-refractivity contribution in [1.82, 2.24) is 4.98 Å². The molecule has 1 aromatic heterocycles. The Balaban J connectivity index is 1.48. The number of anilines is 1. The van der Waals surface area contributed by atoms with E-state index in [1.165, 1.54) is 69.6 Å². The van der Waals surface area contributed by atoms with Crippen LogP contribution >= 0.6 is 0 Å². The van der Waals surface area contributed by atoms with Crippen molar-refractivity contribution < 1.29 is 4.74 Å². The van der Waals surface area contributed by atoms with Crippen LogP contribution in [0.4, 0.5) is 5.82 Å². The van der Waals surface area contributed by atoms with Gasteiger partial charge in [0.05, 0.1) is 0 Å².